The van der Waals surface area contributed by atoms with Crippen molar-refractivity contribution in [2.75, 3.05) is 7.05 Å². The second kappa shape index (κ2) is 4.83. The topological polar surface area (TPSA) is 77.0 Å². The molecule has 94 valence electrons. The van der Waals surface area contributed by atoms with Crippen molar-refractivity contribution in [3.8, 4) is 0 Å². The molecule has 6 heteroatoms. The standard InChI is InChI=1S/C11H19N5O/c1-3-8(12)11(17)15(2)7-10-14-13-9-5-4-6-16(9)10/h8H,3-7,12H2,1-2H3/t8-/m1/s1. The second-order valence-corrected chi connectivity index (χ2v) is 4.50. The van der Waals surface area contributed by atoms with Crippen molar-refractivity contribution >= 4 is 5.91 Å². The molecular weight excluding hydrogens is 218 g/mol. The van der Waals surface area contributed by atoms with Gasteiger partial charge < -0.3 is 15.2 Å². The van der Waals surface area contributed by atoms with Gasteiger partial charge in [-0.15, -0.1) is 10.2 Å². The highest BCUT2D eigenvalue weighted by molar-refractivity contribution is 5.81. The molecule has 0 saturated heterocycles. The van der Waals surface area contributed by atoms with Crippen LogP contribution in [0.4, 0.5) is 0 Å². The van der Waals surface area contributed by atoms with Crippen molar-refractivity contribution in [1.82, 2.24) is 19.7 Å². The normalized spacial score (nSPS) is 15.7. The number of nitrogens with zero attached hydrogens (tertiary/aromatic N) is 4. The van der Waals surface area contributed by atoms with Crippen molar-refractivity contribution in [2.24, 2.45) is 5.73 Å². The molecule has 0 saturated carbocycles. The lowest BCUT2D eigenvalue weighted by atomic mass is 10.2. The molecule has 0 radical (unpaired) electrons. The predicted octanol–water partition coefficient (Wildman–Crippen LogP) is -0.0800. The Labute approximate surface area is 101 Å². The number of amides is 1. The van der Waals surface area contributed by atoms with Crippen molar-refractivity contribution in [2.45, 2.75) is 45.3 Å². The van der Waals surface area contributed by atoms with E-state index in [0.717, 1.165) is 31.0 Å². The van der Waals surface area contributed by atoms with Crippen LogP contribution in [-0.4, -0.2) is 38.7 Å². The number of fused-ring (bicyclic) bond motifs is 1. The summed E-state index contributed by atoms with van der Waals surface area (Å²) < 4.78 is 2.10. The molecule has 0 unspecified atom stereocenters. The quantitative estimate of drug-likeness (QED) is 0.794. The minimum absolute atomic E-state index is 0.0390. The van der Waals surface area contributed by atoms with E-state index < -0.39 is 6.04 Å². The molecule has 0 bridgehead atoms. The number of hydrogen-bond acceptors (Lipinski definition) is 4. The first-order valence-electron chi connectivity index (χ1n) is 6.05. The molecule has 0 spiro atoms. The number of rotatable bonds is 4. The van der Waals surface area contributed by atoms with Crippen LogP contribution in [0.5, 0.6) is 0 Å². The fraction of sp³-hybridized carbons (Fsp3) is 0.727. The molecule has 1 aromatic heterocycles. The third kappa shape index (κ3) is 2.31. The molecular formula is C11H19N5O. The van der Waals surface area contributed by atoms with E-state index in [1.807, 2.05) is 6.92 Å². The van der Waals surface area contributed by atoms with Gasteiger partial charge in [-0.05, 0) is 12.8 Å². The Balaban J connectivity index is 2.03. The summed E-state index contributed by atoms with van der Waals surface area (Å²) in [6.07, 6.45) is 2.75. The molecule has 1 amide bonds. The van der Waals surface area contributed by atoms with Crippen LogP contribution in [-0.2, 0) is 24.3 Å². The summed E-state index contributed by atoms with van der Waals surface area (Å²) in [6.45, 7) is 3.35. The van der Waals surface area contributed by atoms with Gasteiger partial charge in [0.25, 0.3) is 0 Å². The Bertz CT molecular complexity index is 414. The van der Waals surface area contributed by atoms with Crippen LogP contribution in [0.25, 0.3) is 0 Å². The average Bonchev–Trinajstić information content (AvgIpc) is 2.91. The van der Waals surface area contributed by atoms with E-state index in [9.17, 15) is 4.79 Å². The number of nitrogens with two attached hydrogens (primary N) is 1. The Kier molecular flexibility index (Phi) is 3.42. The van der Waals surface area contributed by atoms with Gasteiger partial charge in [-0.3, -0.25) is 4.79 Å². The number of likely N-dealkylation sites (N-methyl/N-ethyl adjacent to an activating group) is 1. The van der Waals surface area contributed by atoms with E-state index in [2.05, 4.69) is 14.8 Å². The maximum Gasteiger partial charge on any atom is 0.239 e. The second-order valence-electron chi connectivity index (χ2n) is 4.50. The van der Waals surface area contributed by atoms with Gasteiger partial charge in [-0.2, -0.15) is 0 Å². The van der Waals surface area contributed by atoms with Gasteiger partial charge in [-0.25, -0.2) is 0 Å². The highest BCUT2D eigenvalue weighted by Gasteiger charge is 2.21. The Morgan fingerprint density at radius 2 is 2.35 bits per heavy atom. The SMILES string of the molecule is CC[C@@H](N)C(=O)N(C)Cc1nnc2n1CCC2. The third-order valence-electron chi connectivity index (χ3n) is 3.20. The van der Waals surface area contributed by atoms with Crippen LogP contribution in [0.15, 0.2) is 0 Å². The summed E-state index contributed by atoms with van der Waals surface area (Å²) in [5, 5.41) is 8.24. The maximum absolute atomic E-state index is 11.8. The molecule has 2 rings (SSSR count). The molecule has 0 aliphatic carbocycles. The minimum Gasteiger partial charge on any atom is -0.337 e. The lowest BCUT2D eigenvalue weighted by molar-refractivity contribution is -0.132. The molecule has 1 aliphatic rings. The van der Waals surface area contributed by atoms with Gasteiger partial charge in [-0.1, -0.05) is 6.92 Å². The van der Waals surface area contributed by atoms with Crippen LogP contribution in [0.1, 0.15) is 31.4 Å². The van der Waals surface area contributed by atoms with E-state index in [4.69, 9.17) is 5.73 Å². The van der Waals surface area contributed by atoms with E-state index in [1.54, 1.807) is 11.9 Å². The van der Waals surface area contributed by atoms with Gasteiger partial charge in [0.05, 0.1) is 12.6 Å². The minimum atomic E-state index is -0.416. The number of carbonyl (C=O) groups is 1. The third-order valence-corrected chi connectivity index (χ3v) is 3.20. The van der Waals surface area contributed by atoms with Crippen LogP contribution < -0.4 is 5.73 Å². The van der Waals surface area contributed by atoms with Crippen LogP contribution in [0, 0.1) is 0 Å². The summed E-state index contributed by atoms with van der Waals surface area (Å²) in [4.78, 5) is 13.5. The Morgan fingerprint density at radius 3 is 3.06 bits per heavy atom. The summed E-state index contributed by atoms with van der Waals surface area (Å²) in [5.41, 5.74) is 5.73. The van der Waals surface area contributed by atoms with E-state index in [-0.39, 0.29) is 5.91 Å². The summed E-state index contributed by atoms with van der Waals surface area (Å²) >= 11 is 0. The van der Waals surface area contributed by atoms with Gasteiger partial charge in [0.1, 0.15) is 5.82 Å². The smallest absolute Gasteiger partial charge is 0.239 e. The molecule has 0 aromatic carbocycles. The highest BCUT2D eigenvalue weighted by Crippen LogP contribution is 2.15. The first-order chi connectivity index (χ1) is 8.13. The van der Waals surface area contributed by atoms with E-state index in [1.165, 1.54) is 0 Å². The highest BCUT2D eigenvalue weighted by atomic mass is 16.2. The molecule has 2 N–H and O–H groups in total. The zero-order chi connectivity index (χ0) is 12.4. The van der Waals surface area contributed by atoms with Crippen molar-refractivity contribution < 1.29 is 4.79 Å². The molecule has 1 atom stereocenters. The fourth-order valence-electron chi connectivity index (χ4n) is 2.08. The molecule has 2 heterocycles. The molecule has 6 nitrogen and oxygen atoms in total. The van der Waals surface area contributed by atoms with Crippen LogP contribution in [0.3, 0.4) is 0 Å². The zero-order valence-corrected chi connectivity index (χ0v) is 10.4. The largest absolute Gasteiger partial charge is 0.337 e. The van der Waals surface area contributed by atoms with Crippen molar-refractivity contribution in [1.29, 1.82) is 0 Å². The summed E-state index contributed by atoms with van der Waals surface area (Å²) in [5.74, 6) is 1.85. The Morgan fingerprint density at radius 1 is 1.59 bits per heavy atom. The number of hydrogen-bond donors (Lipinski definition) is 1. The first-order valence-corrected chi connectivity index (χ1v) is 6.05. The number of carbonyl (C=O) groups excluding carboxylic acids is 1. The molecule has 1 aromatic rings. The monoisotopic (exact) mass is 237 g/mol. The van der Waals surface area contributed by atoms with Gasteiger partial charge in [0, 0.05) is 20.0 Å². The maximum atomic E-state index is 11.8. The Hall–Kier alpha value is -1.43. The fourth-order valence-corrected chi connectivity index (χ4v) is 2.08. The van der Waals surface area contributed by atoms with E-state index in [0.29, 0.717) is 13.0 Å². The first kappa shape index (κ1) is 12.0. The average molecular weight is 237 g/mol. The summed E-state index contributed by atoms with van der Waals surface area (Å²) in [6, 6.07) is -0.416. The van der Waals surface area contributed by atoms with Crippen molar-refractivity contribution in [3.63, 3.8) is 0 Å². The van der Waals surface area contributed by atoms with Gasteiger partial charge in [0.2, 0.25) is 5.91 Å². The molecule has 1 aliphatic heterocycles. The van der Waals surface area contributed by atoms with Crippen molar-refractivity contribution in [3.05, 3.63) is 11.6 Å². The predicted molar refractivity (Wildman–Crippen MR) is 63.1 cm³/mol. The van der Waals surface area contributed by atoms with Gasteiger partial charge >= 0.3 is 0 Å². The molecule has 0 fully saturated rings. The number of aromatic nitrogens is 3. The van der Waals surface area contributed by atoms with Crippen LogP contribution >= 0.6 is 0 Å². The summed E-state index contributed by atoms with van der Waals surface area (Å²) in [7, 11) is 1.76. The zero-order valence-electron chi connectivity index (χ0n) is 10.4. The molecule has 17 heavy (non-hydrogen) atoms. The lowest BCUT2D eigenvalue weighted by Gasteiger charge is -2.20. The van der Waals surface area contributed by atoms with Gasteiger partial charge in [0.15, 0.2) is 5.82 Å². The number of aryl methyl sites for hydroxylation is 1. The van der Waals surface area contributed by atoms with E-state index >= 15 is 0 Å². The van der Waals surface area contributed by atoms with Crippen LogP contribution in [0.2, 0.25) is 0 Å². The lowest BCUT2D eigenvalue weighted by Crippen LogP contribution is -2.41.